The summed E-state index contributed by atoms with van der Waals surface area (Å²) in [5, 5.41) is 12.9. The Kier molecular flexibility index (Phi) is 3.89. The van der Waals surface area contributed by atoms with Crippen LogP contribution >= 0.6 is 0 Å². The number of rotatable bonds is 3. The fourth-order valence-electron chi connectivity index (χ4n) is 2.12. The van der Waals surface area contributed by atoms with E-state index in [4.69, 9.17) is 5.11 Å². The molecule has 0 fully saturated rings. The molecule has 0 aliphatic carbocycles. The molecular weight excluding hydrogens is 308 g/mol. The lowest BCUT2D eigenvalue weighted by Crippen LogP contribution is -2.26. The third-order valence-corrected chi connectivity index (χ3v) is 4.39. The van der Waals surface area contributed by atoms with Crippen LogP contribution in [-0.2, 0) is 16.9 Å². The number of aryl methyl sites for hydroxylation is 1. The van der Waals surface area contributed by atoms with Gasteiger partial charge in [0, 0.05) is 13.3 Å². The Labute approximate surface area is 126 Å². The number of sulfone groups is 1. The Morgan fingerprint density at radius 1 is 1.23 bits per heavy atom. The van der Waals surface area contributed by atoms with Crippen molar-refractivity contribution in [2.75, 3.05) is 6.26 Å². The van der Waals surface area contributed by atoms with Gasteiger partial charge in [0.05, 0.1) is 10.5 Å². The third kappa shape index (κ3) is 2.77. The molecule has 8 heteroatoms. The van der Waals surface area contributed by atoms with Gasteiger partial charge in [0.2, 0.25) is 0 Å². The second-order valence-electron chi connectivity index (χ2n) is 4.88. The number of carboxylic acid groups (broad SMARTS) is 1. The van der Waals surface area contributed by atoms with Crippen molar-refractivity contribution in [3.05, 3.63) is 45.9 Å². The van der Waals surface area contributed by atoms with Crippen molar-refractivity contribution in [2.24, 2.45) is 7.05 Å². The Morgan fingerprint density at radius 3 is 2.23 bits per heavy atom. The van der Waals surface area contributed by atoms with Gasteiger partial charge < -0.3 is 5.11 Å². The summed E-state index contributed by atoms with van der Waals surface area (Å²) in [7, 11) is -1.98. The molecular formula is C14H14N2O5S. The smallest absolute Gasteiger partial charge is 0.356 e. The van der Waals surface area contributed by atoms with Crippen LogP contribution in [0.3, 0.4) is 0 Å². The van der Waals surface area contributed by atoms with Crippen LogP contribution in [0.25, 0.3) is 11.1 Å². The van der Waals surface area contributed by atoms with Gasteiger partial charge in [0.1, 0.15) is 0 Å². The predicted molar refractivity (Wildman–Crippen MR) is 79.7 cm³/mol. The quantitative estimate of drug-likeness (QED) is 0.898. The number of aromatic carboxylic acids is 1. The number of nitrogens with zero attached hydrogens (tertiary/aromatic N) is 2. The molecule has 0 saturated carbocycles. The topological polar surface area (TPSA) is 106 Å². The molecule has 0 unspecified atom stereocenters. The van der Waals surface area contributed by atoms with Gasteiger partial charge in [-0.3, -0.25) is 4.79 Å². The summed E-state index contributed by atoms with van der Waals surface area (Å²) in [4.78, 5) is 23.6. The number of carboxylic acids is 1. The van der Waals surface area contributed by atoms with Gasteiger partial charge in [-0.25, -0.2) is 17.9 Å². The Morgan fingerprint density at radius 2 is 1.77 bits per heavy atom. The lowest BCUT2D eigenvalue weighted by Gasteiger charge is -2.10. The van der Waals surface area contributed by atoms with E-state index in [0.717, 1.165) is 10.9 Å². The van der Waals surface area contributed by atoms with Crippen molar-refractivity contribution < 1.29 is 18.3 Å². The zero-order valence-electron chi connectivity index (χ0n) is 12.2. The molecule has 0 atom stereocenters. The Balaban J connectivity index is 2.72. The van der Waals surface area contributed by atoms with Crippen molar-refractivity contribution in [1.29, 1.82) is 0 Å². The Hall–Kier alpha value is -2.48. The molecule has 2 aromatic rings. The van der Waals surface area contributed by atoms with Gasteiger partial charge in [0.25, 0.3) is 5.56 Å². The minimum absolute atomic E-state index is 0.123. The zero-order valence-corrected chi connectivity index (χ0v) is 13.0. The lowest BCUT2D eigenvalue weighted by molar-refractivity contribution is 0.0687. The molecule has 22 heavy (non-hydrogen) atoms. The van der Waals surface area contributed by atoms with E-state index in [2.05, 4.69) is 5.10 Å². The van der Waals surface area contributed by atoms with Crippen molar-refractivity contribution in [2.45, 2.75) is 11.8 Å². The van der Waals surface area contributed by atoms with Crippen LogP contribution in [0.4, 0.5) is 0 Å². The van der Waals surface area contributed by atoms with E-state index in [1.54, 1.807) is 0 Å². The minimum Gasteiger partial charge on any atom is -0.476 e. The summed E-state index contributed by atoms with van der Waals surface area (Å²) < 4.78 is 23.9. The highest BCUT2D eigenvalue weighted by Gasteiger charge is 2.19. The molecule has 1 aromatic heterocycles. The number of benzene rings is 1. The molecule has 0 spiro atoms. The molecule has 2 rings (SSSR count). The summed E-state index contributed by atoms with van der Waals surface area (Å²) in [6.45, 7) is 1.50. The summed E-state index contributed by atoms with van der Waals surface area (Å²) in [5.41, 5.74) is 0.201. The van der Waals surface area contributed by atoms with Crippen molar-refractivity contribution in [1.82, 2.24) is 9.78 Å². The van der Waals surface area contributed by atoms with Gasteiger partial charge in [-0.15, -0.1) is 0 Å². The van der Waals surface area contributed by atoms with E-state index in [0.29, 0.717) is 5.56 Å². The first-order chi connectivity index (χ1) is 10.1. The van der Waals surface area contributed by atoms with Crippen LogP contribution < -0.4 is 5.56 Å². The van der Waals surface area contributed by atoms with Crippen LogP contribution in [0.2, 0.25) is 0 Å². The SMILES string of the molecule is Cc1c(C(=O)O)nn(C)c(=O)c1-c1ccc(S(C)(=O)=O)cc1. The van der Waals surface area contributed by atoms with E-state index >= 15 is 0 Å². The maximum Gasteiger partial charge on any atom is 0.356 e. The normalized spacial score (nSPS) is 11.4. The highest BCUT2D eigenvalue weighted by Crippen LogP contribution is 2.23. The fourth-order valence-corrected chi connectivity index (χ4v) is 2.75. The van der Waals surface area contributed by atoms with Crippen LogP contribution in [0.5, 0.6) is 0 Å². The first-order valence-corrected chi connectivity index (χ1v) is 8.13. The number of aromatic nitrogens is 2. The standard InChI is InChI=1S/C14H14N2O5S/c1-8-11(13(17)16(2)15-12(8)14(18)19)9-4-6-10(7-5-9)22(3,20)21/h4-7H,1-3H3,(H,18,19). The number of hydrogen-bond donors (Lipinski definition) is 1. The lowest BCUT2D eigenvalue weighted by atomic mass is 10.0. The zero-order chi connectivity index (χ0) is 16.7. The second-order valence-corrected chi connectivity index (χ2v) is 6.89. The van der Waals surface area contributed by atoms with E-state index < -0.39 is 21.4 Å². The molecule has 1 aromatic carbocycles. The van der Waals surface area contributed by atoms with Crippen molar-refractivity contribution in [3.63, 3.8) is 0 Å². The highest BCUT2D eigenvalue weighted by molar-refractivity contribution is 7.90. The second kappa shape index (κ2) is 5.38. The molecule has 1 heterocycles. The maximum absolute atomic E-state index is 12.2. The van der Waals surface area contributed by atoms with Gasteiger partial charge in [-0.05, 0) is 30.2 Å². The molecule has 0 amide bonds. The fraction of sp³-hybridized carbons (Fsp3) is 0.214. The molecule has 0 saturated heterocycles. The molecule has 116 valence electrons. The number of carbonyl (C=O) groups is 1. The monoisotopic (exact) mass is 322 g/mol. The molecule has 0 radical (unpaired) electrons. The molecule has 0 aliphatic heterocycles. The van der Waals surface area contributed by atoms with Crippen molar-refractivity contribution >= 4 is 15.8 Å². The third-order valence-electron chi connectivity index (χ3n) is 3.26. The average molecular weight is 322 g/mol. The van der Waals surface area contributed by atoms with Gasteiger partial charge in [-0.1, -0.05) is 12.1 Å². The summed E-state index contributed by atoms with van der Waals surface area (Å²) >= 11 is 0. The van der Waals surface area contributed by atoms with Gasteiger partial charge >= 0.3 is 5.97 Å². The molecule has 1 N–H and O–H groups in total. The van der Waals surface area contributed by atoms with Crippen LogP contribution in [-0.4, -0.2) is 35.5 Å². The number of hydrogen-bond acceptors (Lipinski definition) is 5. The van der Waals surface area contributed by atoms with Crippen LogP contribution in [0.1, 0.15) is 16.1 Å². The highest BCUT2D eigenvalue weighted by atomic mass is 32.2. The van der Waals surface area contributed by atoms with E-state index in [9.17, 15) is 18.0 Å². The Bertz CT molecular complexity index is 911. The molecule has 7 nitrogen and oxygen atoms in total. The van der Waals surface area contributed by atoms with Gasteiger partial charge in [-0.2, -0.15) is 5.10 Å². The average Bonchev–Trinajstić information content (AvgIpc) is 2.42. The van der Waals surface area contributed by atoms with E-state index in [-0.39, 0.29) is 21.7 Å². The largest absolute Gasteiger partial charge is 0.476 e. The first kappa shape index (κ1) is 15.9. The van der Waals surface area contributed by atoms with E-state index in [1.165, 1.54) is 38.2 Å². The minimum atomic E-state index is -3.34. The summed E-state index contributed by atoms with van der Waals surface area (Å²) in [6.07, 6.45) is 1.08. The van der Waals surface area contributed by atoms with Gasteiger partial charge in [0.15, 0.2) is 15.5 Å². The summed E-state index contributed by atoms with van der Waals surface area (Å²) in [6, 6.07) is 5.71. The van der Waals surface area contributed by atoms with Crippen LogP contribution in [0, 0.1) is 6.92 Å². The van der Waals surface area contributed by atoms with Crippen LogP contribution in [0.15, 0.2) is 34.0 Å². The summed E-state index contributed by atoms with van der Waals surface area (Å²) in [5.74, 6) is -1.23. The van der Waals surface area contributed by atoms with E-state index in [1.807, 2.05) is 0 Å². The molecule has 0 aliphatic rings. The maximum atomic E-state index is 12.2. The molecule has 0 bridgehead atoms. The predicted octanol–water partition coefficient (Wildman–Crippen LogP) is 0.857. The van der Waals surface area contributed by atoms with Crippen molar-refractivity contribution in [3.8, 4) is 11.1 Å². The first-order valence-electron chi connectivity index (χ1n) is 6.24.